The molecule has 0 heterocycles. The van der Waals surface area contributed by atoms with Gasteiger partial charge in [-0.05, 0) is 6.42 Å². The SMILES string of the molecule is NC(=O)CCC(N)C(=O)O.O.O. The Bertz CT molecular complexity index is 149. The van der Waals surface area contributed by atoms with Gasteiger partial charge in [-0.1, -0.05) is 0 Å². The number of carbonyl (C=O) groups excluding carboxylic acids is 1. The van der Waals surface area contributed by atoms with Crippen molar-refractivity contribution in [2.24, 2.45) is 11.5 Å². The largest absolute Gasteiger partial charge is 0.480 e. The van der Waals surface area contributed by atoms with Crippen LogP contribution >= 0.6 is 0 Å². The number of primary amides is 1. The summed E-state index contributed by atoms with van der Waals surface area (Å²) in [6.45, 7) is 0. The van der Waals surface area contributed by atoms with Crippen LogP contribution in [-0.4, -0.2) is 34.0 Å². The Kier molecular flexibility index (Phi) is 11.3. The van der Waals surface area contributed by atoms with Gasteiger partial charge in [-0.25, -0.2) is 0 Å². The fourth-order valence-electron chi connectivity index (χ4n) is 0.421. The zero-order chi connectivity index (χ0) is 8.15. The van der Waals surface area contributed by atoms with Crippen LogP contribution in [0.25, 0.3) is 0 Å². The average Bonchev–Trinajstić information content (AvgIpc) is 1.82. The van der Waals surface area contributed by atoms with Gasteiger partial charge >= 0.3 is 5.97 Å². The zero-order valence-electron chi connectivity index (χ0n) is 6.41. The summed E-state index contributed by atoms with van der Waals surface area (Å²) in [6.07, 6.45) is 0.123. The summed E-state index contributed by atoms with van der Waals surface area (Å²) in [7, 11) is 0. The first-order chi connectivity index (χ1) is 4.54. The molecule has 0 aromatic heterocycles. The van der Waals surface area contributed by atoms with E-state index in [0.717, 1.165) is 0 Å². The van der Waals surface area contributed by atoms with Crippen molar-refractivity contribution in [3.63, 3.8) is 0 Å². The molecule has 0 aliphatic rings. The van der Waals surface area contributed by atoms with E-state index >= 15 is 0 Å². The van der Waals surface area contributed by atoms with Gasteiger partial charge in [0, 0.05) is 6.42 Å². The van der Waals surface area contributed by atoms with Crippen molar-refractivity contribution in [3.05, 3.63) is 0 Å². The van der Waals surface area contributed by atoms with Gasteiger partial charge in [0.2, 0.25) is 5.91 Å². The van der Waals surface area contributed by atoms with Gasteiger partial charge in [0.05, 0.1) is 0 Å². The lowest BCUT2D eigenvalue weighted by Gasteiger charge is -2.01. The Morgan fingerprint density at radius 1 is 1.33 bits per heavy atom. The summed E-state index contributed by atoms with van der Waals surface area (Å²) in [5, 5.41) is 8.22. The molecule has 1 amide bonds. The standard InChI is InChI=1S/C5H10N2O3.2H2O/c6-3(5(9)10)1-2-4(7)8;;/h3H,1-2,6H2,(H2,7,8)(H,9,10);2*1H2. The second kappa shape index (κ2) is 7.92. The lowest BCUT2D eigenvalue weighted by atomic mass is 10.2. The predicted octanol–water partition coefficient (Wildman–Crippen LogP) is -2.99. The number of rotatable bonds is 4. The highest BCUT2D eigenvalue weighted by Crippen LogP contribution is 1.92. The molecule has 0 aromatic carbocycles. The zero-order valence-corrected chi connectivity index (χ0v) is 6.41. The van der Waals surface area contributed by atoms with Crippen LogP contribution in [-0.2, 0) is 9.59 Å². The summed E-state index contributed by atoms with van der Waals surface area (Å²) < 4.78 is 0. The third kappa shape index (κ3) is 8.82. The highest BCUT2D eigenvalue weighted by molar-refractivity contribution is 5.76. The van der Waals surface area contributed by atoms with E-state index in [1.807, 2.05) is 0 Å². The molecule has 1 atom stereocenters. The number of carboxylic acid groups (broad SMARTS) is 1. The maximum absolute atomic E-state index is 10.1. The first-order valence-corrected chi connectivity index (χ1v) is 2.80. The number of aliphatic carboxylic acids is 1. The molecule has 0 radical (unpaired) electrons. The van der Waals surface area contributed by atoms with Crippen LogP contribution in [0.2, 0.25) is 0 Å². The molecule has 0 saturated heterocycles. The molecule has 0 aromatic rings. The molecule has 0 aliphatic carbocycles. The molecule has 74 valence electrons. The van der Waals surface area contributed by atoms with E-state index in [1.54, 1.807) is 0 Å². The van der Waals surface area contributed by atoms with E-state index in [-0.39, 0.29) is 23.8 Å². The topological polar surface area (TPSA) is 169 Å². The second-order valence-electron chi connectivity index (χ2n) is 1.95. The van der Waals surface area contributed by atoms with Crippen LogP contribution < -0.4 is 11.5 Å². The molecule has 0 rings (SSSR count). The number of carbonyl (C=O) groups is 2. The summed E-state index contributed by atoms with van der Waals surface area (Å²) in [5.74, 6) is -1.64. The van der Waals surface area contributed by atoms with Crippen LogP contribution in [0.1, 0.15) is 12.8 Å². The van der Waals surface area contributed by atoms with Crippen molar-refractivity contribution in [2.45, 2.75) is 18.9 Å². The highest BCUT2D eigenvalue weighted by atomic mass is 16.4. The van der Waals surface area contributed by atoms with Crippen LogP contribution in [0.3, 0.4) is 0 Å². The molecule has 7 heteroatoms. The number of carboxylic acids is 1. The third-order valence-electron chi connectivity index (χ3n) is 1.02. The predicted molar refractivity (Wildman–Crippen MR) is 41.3 cm³/mol. The fraction of sp³-hybridized carbons (Fsp3) is 0.600. The van der Waals surface area contributed by atoms with Crippen LogP contribution in [0.4, 0.5) is 0 Å². The molecule has 0 bridgehead atoms. The molecule has 9 N–H and O–H groups in total. The van der Waals surface area contributed by atoms with E-state index in [2.05, 4.69) is 0 Å². The quantitative estimate of drug-likeness (QED) is 0.421. The van der Waals surface area contributed by atoms with E-state index < -0.39 is 17.9 Å². The van der Waals surface area contributed by atoms with Gasteiger partial charge in [-0.3, -0.25) is 9.59 Å². The van der Waals surface area contributed by atoms with E-state index in [0.29, 0.717) is 0 Å². The van der Waals surface area contributed by atoms with Crippen LogP contribution in [0.15, 0.2) is 0 Å². The van der Waals surface area contributed by atoms with Crippen LogP contribution in [0.5, 0.6) is 0 Å². The van der Waals surface area contributed by atoms with Gasteiger partial charge in [-0.2, -0.15) is 0 Å². The number of hydrogen-bond donors (Lipinski definition) is 3. The summed E-state index contributed by atoms with van der Waals surface area (Å²) in [5.41, 5.74) is 9.81. The molecule has 7 nitrogen and oxygen atoms in total. The Morgan fingerprint density at radius 3 is 2.00 bits per heavy atom. The maximum atomic E-state index is 10.1. The molecule has 1 unspecified atom stereocenters. The lowest BCUT2D eigenvalue weighted by molar-refractivity contribution is -0.138. The van der Waals surface area contributed by atoms with E-state index in [1.165, 1.54) is 0 Å². The monoisotopic (exact) mass is 182 g/mol. The maximum Gasteiger partial charge on any atom is 0.320 e. The molecule has 12 heavy (non-hydrogen) atoms. The minimum Gasteiger partial charge on any atom is -0.480 e. The van der Waals surface area contributed by atoms with Crippen molar-refractivity contribution in [2.75, 3.05) is 0 Å². The van der Waals surface area contributed by atoms with Gasteiger partial charge in [-0.15, -0.1) is 0 Å². The summed E-state index contributed by atoms with van der Waals surface area (Å²) >= 11 is 0. The Labute approximate surface area is 69.0 Å². The number of amides is 1. The number of hydrogen-bond acceptors (Lipinski definition) is 3. The van der Waals surface area contributed by atoms with Gasteiger partial charge < -0.3 is 27.5 Å². The molecule has 0 aliphatic heterocycles. The van der Waals surface area contributed by atoms with Gasteiger partial charge in [0.1, 0.15) is 6.04 Å². The smallest absolute Gasteiger partial charge is 0.320 e. The Hall–Kier alpha value is -1.18. The third-order valence-corrected chi connectivity index (χ3v) is 1.02. The minimum absolute atomic E-state index is 0. The molecule has 0 fully saturated rings. The van der Waals surface area contributed by atoms with Crippen molar-refractivity contribution < 1.29 is 25.6 Å². The first kappa shape index (κ1) is 17.1. The van der Waals surface area contributed by atoms with Crippen molar-refractivity contribution in [3.8, 4) is 0 Å². The van der Waals surface area contributed by atoms with Crippen molar-refractivity contribution >= 4 is 11.9 Å². The average molecular weight is 182 g/mol. The minimum atomic E-state index is -1.11. The highest BCUT2D eigenvalue weighted by Gasteiger charge is 2.11. The van der Waals surface area contributed by atoms with Gasteiger partial charge in [0.15, 0.2) is 0 Å². The molecule has 0 saturated carbocycles. The first-order valence-electron chi connectivity index (χ1n) is 2.80. The lowest BCUT2D eigenvalue weighted by Crippen LogP contribution is -2.31. The van der Waals surface area contributed by atoms with Crippen molar-refractivity contribution in [1.82, 2.24) is 0 Å². The van der Waals surface area contributed by atoms with Gasteiger partial charge in [0.25, 0.3) is 0 Å². The summed E-state index contributed by atoms with van der Waals surface area (Å²) in [6, 6.07) is -0.979. The molecular formula is C5H14N2O5. The molecule has 0 spiro atoms. The number of nitrogens with two attached hydrogens (primary N) is 2. The normalized spacial score (nSPS) is 10.4. The summed E-state index contributed by atoms with van der Waals surface area (Å²) in [4.78, 5) is 20.1. The van der Waals surface area contributed by atoms with E-state index in [4.69, 9.17) is 16.6 Å². The second-order valence-corrected chi connectivity index (χ2v) is 1.95. The van der Waals surface area contributed by atoms with Crippen molar-refractivity contribution in [1.29, 1.82) is 0 Å². The fourth-order valence-corrected chi connectivity index (χ4v) is 0.421. The molecular weight excluding hydrogens is 168 g/mol. The van der Waals surface area contributed by atoms with Crippen LogP contribution in [0, 0.1) is 0 Å². The van der Waals surface area contributed by atoms with E-state index in [9.17, 15) is 9.59 Å². The Morgan fingerprint density at radius 2 is 1.75 bits per heavy atom. The Balaban J connectivity index is -0.000000405.